The summed E-state index contributed by atoms with van der Waals surface area (Å²) in [5, 5.41) is 2.01. The molecule has 0 aliphatic rings. The highest BCUT2D eigenvalue weighted by Gasteiger charge is 2.20. The zero-order valence-corrected chi connectivity index (χ0v) is 19.2. The minimum absolute atomic E-state index is 0.0350. The van der Waals surface area contributed by atoms with Gasteiger partial charge in [0.1, 0.15) is 0 Å². The lowest BCUT2D eigenvalue weighted by molar-refractivity contribution is 0.0474. The molecule has 0 bridgehead atoms. The fraction of sp³-hybridized carbons (Fsp3) is 0.273. The molecule has 0 saturated carbocycles. The summed E-state index contributed by atoms with van der Waals surface area (Å²) in [7, 11) is -3.70. The van der Waals surface area contributed by atoms with E-state index in [9.17, 15) is 18.0 Å². The van der Waals surface area contributed by atoms with Crippen molar-refractivity contribution < 1.29 is 22.7 Å². The second-order valence-corrected chi connectivity index (χ2v) is 9.78. The van der Waals surface area contributed by atoms with E-state index < -0.39 is 22.6 Å². The number of nitrogens with zero attached hydrogens (tertiary/aromatic N) is 1. The third-order valence-electron chi connectivity index (χ3n) is 4.82. The van der Waals surface area contributed by atoms with Gasteiger partial charge in [0.15, 0.2) is 6.61 Å². The number of ether oxygens (including phenoxy) is 1. The van der Waals surface area contributed by atoms with Gasteiger partial charge in [-0.25, -0.2) is 17.9 Å². The molecule has 0 fully saturated rings. The second kappa shape index (κ2) is 9.59. The maximum atomic E-state index is 12.7. The molecule has 0 aliphatic carbocycles. The highest BCUT2D eigenvalue weighted by atomic mass is 32.2. The maximum absolute atomic E-state index is 12.7. The van der Waals surface area contributed by atoms with E-state index in [1.54, 1.807) is 24.3 Å². The summed E-state index contributed by atoms with van der Waals surface area (Å²) in [5.41, 5.74) is 2.33. The molecule has 164 valence electrons. The first-order valence-electron chi connectivity index (χ1n) is 9.72. The minimum Gasteiger partial charge on any atom is -0.454 e. The fourth-order valence-corrected chi connectivity index (χ4v) is 5.02. The quantitative estimate of drug-likeness (QED) is 0.389. The summed E-state index contributed by atoms with van der Waals surface area (Å²) in [6.45, 7) is 5.95. The van der Waals surface area contributed by atoms with Crippen LogP contribution in [0.3, 0.4) is 0 Å². The Balaban J connectivity index is 1.69. The molecule has 0 aliphatic heterocycles. The molecule has 7 nitrogen and oxygen atoms in total. The van der Waals surface area contributed by atoms with E-state index in [0.29, 0.717) is 12.1 Å². The van der Waals surface area contributed by atoms with Gasteiger partial charge in [0.25, 0.3) is 0 Å². The number of rotatable bonds is 9. The Kier molecular flexibility index (Phi) is 7.09. The number of nitrogens with one attached hydrogen (secondary N) is 1. The summed E-state index contributed by atoms with van der Waals surface area (Å²) in [4.78, 5) is 26.2. The number of hydrogen-bond acceptors (Lipinski definition) is 6. The number of benzene rings is 1. The van der Waals surface area contributed by atoms with Gasteiger partial charge in [-0.3, -0.25) is 4.79 Å². The lowest BCUT2D eigenvalue weighted by Crippen LogP contribution is -2.23. The Morgan fingerprint density at radius 3 is 2.58 bits per heavy atom. The van der Waals surface area contributed by atoms with Crippen molar-refractivity contribution in [3.8, 4) is 0 Å². The zero-order chi connectivity index (χ0) is 22.6. The Morgan fingerprint density at radius 2 is 1.90 bits per heavy atom. The third kappa shape index (κ3) is 5.30. The molecular weight excluding hydrogens is 436 g/mol. The number of carbonyl (C=O) groups is 2. The van der Waals surface area contributed by atoms with Crippen LogP contribution < -0.4 is 4.72 Å². The number of carbonyl (C=O) groups excluding carboxylic acids is 2. The van der Waals surface area contributed by atoms with Crippen LogP contribution in [-0.2, 0) is 21.3 Å². The molecule has 0 radical (unpaired) electrons. The smallest absolute Gasteiger partial charge is 0.338 e. The van der Waals surface area contributed by atoms with Gasteiger partial charge < -0.3 is 9.30 Å². The minimum atomic E-state index is -3.70. The molecule has 1 N–H and O–H groups in total. The van der Waals surface area contributed by atoms with E-state index in [4.69, 9.17) is 4.74 Å². The molecule has 2 heterocycles. The van der Waals surface area contributed by atoms with Crippen LogP contribution >= 0.6 is 11.3 Å². The van der Waals surface area contributed by atoms with Crippen molar-refractivity contribution in [2.24, 2.45) is 0 Å². The predicted octanol–water partition coefficient (Wildman–Crippen LogP) is 3.55. The van der Waals surface area contributed by atoms with Crippen molar-refractivity contribution in [1.29, 1.82) is 0 Å². The van der Waals surface area contributed by atoms with Gasteiger partial charge in [-0.15, -0.1) is 11.3 Å². The first-order chi connectivity index (χ1) is 14.7. The summed E-state index contributed by atoms with van der Waals surface area (Å²) in [5.74, 6) is -1.07. The van der Waals surface area contributed by atoms with Crippen LogP contribution in [0.2, 0.25) is 0 Å². The third-order valence-corrected chi connectivity index (χ3v) is 7.22. The number of sulfonamides is 1. The summed E-state index contributed by atoms with van der Waals surface area (Å²) in [6.07, 6.45) is 0. The molecule has 0 unspecified atom stereocenters. The van der Waals surface area contributed by atoms with E-state index in [2.05, 4.69) is 9.29 Å². The molecule has 1 aromatic carbocycles. The first-order valence-corrected chi connectivity index (χ1v) is 12.1. The highest BCUT2D eigenvalue weighted by molar-refractivity contribution is 7.89. The monoisotopic (exact) mass is 460 g/mol. The number of hydrogen-bond donors (Lipinski definition) is 1. The topological polar surface area (TPSA) is 94.5 Å². The molecule has 0 atom stereocenters. The predicted molar refractivity (Wildman–Crippen MR) is 119 cm³/mol. The SMILES string of the molecule is CCNS(=O)(=O)c1cccc(C(=O)OCC(=O)c2cc(C)n(Cc3cccs3)c2C)c1. The van der Waals surface area contributed by atoms with Gasteiger partial charge in [-0.2, -0.15) is 0 Å². The largest absolute Gasteiger partial charge is 0.454 e. The molecule has 9 heteroatoms. The van der Waals surface area contributed by atoms with E-state index in [1.165, 1.54) is 29.1 Å². The molecule has 3 rings (SSSR count). The zero-order valence-electron chi connectivity index (χ0n) is 17.5. The van der Waals surface area contributed by atoms with Crippen molar-refractivity contribution >= 4 is 33.1 Å². The van der Waals surface area contributed by atoms with Gasteiger partial charge in [0.05, 0.1) is 17.0 Å². The molecule has 2 aromatic heterocycles. The Morgan fingerprint density at radius 1 is 1.13 bits per heavy atom. The van der Waals surface area contributed by atoms with Crippen molar-refractivity contribution in [2.45, 2.75) is 32.2 Å². The fourth-order valence-electron chi connectivity index (χ4n) is 3.24. The van der Waals surface area contributed by atoms with Crippen molar-refractivity contribution in [3.05, 3.63) is 75.2 Å². The van der Waals surface area contributed by atoms with Crippen molar-refractivity contribution in [1.82, 2.24) is 9.29 Å². The van der Waals surface area contributed by atoms with Crippen LogP contribution in [0.15, 0.2) is 52.7 Å². The number of thiophene rings is 1. The maximum Gasteiger partial charge on any atom is 0.338 e. The molecule has 0 spiro atoms. The number of ketones is 1. The summed E-state index contributed by atoms with van der Waals surface area (Å²) < 4.78 is 33.8. The standard InChI is InChI=1S/C22H24N2O5S2/c1-4-23-31(27,28)19-9-5-7-17(12-19)22(26)29-14-21(25)20-11-15(2)24(16(20)3)13-18-8-6-10-30-18/h5-12,23H,4,13-14H2,1-3H3. The lowest BCUT2D eigenvalue weighted by atomic mass is 10.1. The number of Topliss-reactive ketones (excluding diaryl/α,β-unsaturated/α-hetero) is 1. The van der Waals surface area contributed by atoms with E-state index in [0.717, 1.165) is 11.4 Å². The van der Waals surface area contributed by atoms with Crippen LogP contribution in [0.4, 0.5) is 0 Å². The average molecular weight is 461 g/mol. The van der Waals surface area contributed by atoms with E-state index in [-0.39, 0.29) is 22.8 Å². The number of aryl methyl sites for hydroxylation is 1. The van der Waals surface area contributed by atoms with E-state index >= 15 is 0 Å². The first kappa shape index (κ1) is 22.9. The second-order valence-electron chi connectivity index (χ2n) is 6.98. The van der Waals surface area contributed by atoms with Gasteiger partial charge in [0, 0.05) is 28.4 Å². The summed E-state index contributed by atoms with van der Waals surface area (Å²) in [6, 6.07) is 11.4. The Hall–Kier alpha value is -2.75. The lowest BCUT2D eigenvalue weighted by Gasteiger charge is -2.09. The Bertz CT molecular complexity index is 1190. The normalized spacial score (nSPS) is 11.5. The van der Waals surface area contributed by atoms with Crippen molar-refractivity contribution in [3.63, 3.8) is 0 Å². The average Bonchev–Trinajstić information content (AvgIpc) is 3.35. The van der Waals surface area contributed by atoms with Crippen LogP contribution in [0.5, 0.6) is 0 Å². The van der Waals surface area contributed by atoms with Gasteiger partial charge in [-0.05, 0) is 49.6 Å². The highest BCUT2D eigenvalue weighted by Crippen LogP contribution is 2.20. The molecule has 0 saturated heterocycles. The molecule has 0 amide bonds. The Labute approximate surface area is 185 Å². The van der Waals surface area contributed by atoms with Gasteiger partial charge in [-0.1, -0.05) is 19.1 Å². The van der Waals surface area contributed by atoms with E-state index in [1.807, 2.05) is 31.4 Å². The van der Waals surface area contributed by atoms with Crippen LogP contribution in [-0.4, -0.2) is 37.9 Å². The number of esters is 1. The molecule has 3 aromatic rings. The number of aromatic nitrogens is 1. The van der Waals surface area contributed by atoms with Crippen molar-refractivity contribution in [2.75, 3.05) is 13.2 Å². The van der Waals surface area contributed by atoms with Crippen LogP contribution in [0.25, 0.3) is 0 Å². The van der Waals surface area contributed by atoms with Gasteiger partial charge >= 0.3 is 5.97 Å². The summed E-state index contributed by atoms with van der Waals surface area (Å²) >= 11 is 1.65. The molecule has 31 heavy (non-hydrogen) atoms. The van der Waals surface area contributed by atoms with Gasteiger partial charge in [0.2, 0.25) is 15.8 Å². The van der Waals surface area contributed by atoms with Crippen LogP contribution in [0.1, 0.15) is 43.9 Å². The van der Waals surface area contributed by atoms with Crippen LogP contribution in [0, 0.1) is 13.8 Å². The molecular formula is C22H24N2O5S2.